The van der Waals surface area contributed by atoms with Crippen molar-refractivity contribution in [2.24, 2.45) is 0 Å². The van der Waals surface area contributed by atoms with Gasteiger partial charge in [0, 0.05) is 6.42 Å². The molecular formula is C18H19NO3. The van der Waals surface area contributed by atoms with Crippen LogP contribution < -0.4 is 5.32 Å². The van der Waals surface area contributed by atoms with Crippen LogP contribution in [0.3, 0.4) is 0 Å². The second-order valence-electron chi connectivity index (χ2n) is 5.46. The Morgan fingerprint density at radius 3 is 2.23 bits per heavy atom. The molecule has 0 saturated carbocycles. The molecule has 1 aliphatic heterocycles. The Balaban J connectivity index is 1.44. The van der Waals surface area contributed by atoms with E-state index >= 15 is 0 Å². The summed E-state index contributed by atoms with van der Waals surface area (Å²) in [6.45, 7) is 0.807. The lowest BCUT2D eigenvalue weighted by molar-refractivity contribution is 0.121. The predicted octanol–water partition coefficient (Wildman–Crippen LogP) is 3.27. The zero-order valence-electron chi connectivity index (χ0n) is 12.3. The van der Waals surface area contributed by atoms with Gasteiger partial charge in [0.2, 0.25) is 0 Å². The fraction of sp³-hybridized carbons (Fsp3) is 0.278. The molecule has 0 unspecified atom stereocenters. The van der Waals surface area contributed by atoms with Crippen molar-refractivity contribution in [3.05, 3.63) is 71.8 Å². The molecular weight excluding hydrogens is 278 g/mol. The molecule has 1 saturated heterocycles. The Kier molecular flexibility index (Phi) is 4.39. The summed E-state index contributed by atoms with van der Waals surface area (Å²) in [6.07, 6.45) is 1.17. The smallest absolute Gasteiger partial charge is 0.409 e. The Morgan fingerprint density at radius 2 is 1.64 bits per heavy atom. The van der Waals surface area contributed by atoms with E-state index in [2.05, 4.69) is 17.4 Å². The van der Waals surface area contributed by atoms with Crippen LogP contribution in [-0.2, 0) is 22.5 Å². The molecule has 114 valence electrons. The van der Waals surface area contributed by atoms with Crippen LogP contribution in [0.15, 0.2) is 60.7 Å². The molecule has 1 heterocycles. The lowest BCUT2D eigenvalue weighted by Gasteiger charge is -2.14. The summed E-state index contributed by atoms with van der Waals surface area (Å²) in [7, 11) is 0. The van der Waals surface area contributed by atoms with Crippen molar-refractivity contribution in [2.45, 2.75) is 25.2 Å². The van der Waals surface area contributed by atoms with Gasteiger partial charge < -0.3 is 9.47 Å². The van der Waals surface area contributed by atoms with Crippen LogP contribution in [0.4, 0.5) is 4.79 Å². The van der Waals surface area contributed by atoms with E-state index in [9.17, 15) is 4.79 Å². The van der Waals surface area contributed by atoms with Crippen molar-refractivity contribution in [1.29, 1.82) is 0 Å². The molecule has 1 N–H and O–H groups in total. The van der Waals surface area contributed by atoms with Crippen molar-refractivity contribution in [3.63, 3.8) is 0 Å². The lowest BCUT2D eigenvalue weighted by atomic mass is 10.1. The van der Waals surface area contributed by atoms with Gasteiger partial charge in [0.15, 0.2) is 5.72 Å². The minimum Gasteiger partial charge on any atom is -0.445 e. The number of alkyl carbamates (subject to hydrolysis) is 1. The summed E-state index contributed by atoms with van der Waals surface area (Å²) >= 11 is 0. The van der Waals surface area contributed by atoms with Gasteiger partial charge in [-0.25, -0.2) is 4.79 Å². The average Bonchev–Trinajstić information content (AvgIpc) is 3.33. The molecule has 4 nitrogen and oxygen atoms in total. The molecule has 0 aromatic heterocycles. The van der Waals surface area contributed by atoms with Crippen molar-refractivity contribution in [2.75, 3.05) is 6.61 Å². The van der Waals surface area contributed by atoms with Crippen LogP contribution in [0.5, 0.6) is 0 Å². The summed E-state index contributed by atoms with van der Waals surface area (Å²) in [5.74, 6) is 0. The van der Waals surface area contributed by atoms with Gasteiger partial charge in [-0.3, -0.25) is 5.32 Å². The zero-order valence-corrected chi connectivity index (χ0v) is 12.3. The van der Waals surface area contributed by atoms with E-state index in [0.717, 1.165) is 18.4 Å². The highest BCUT2D eigenvalue weighted by Crippen LogP contribution is 2.29. The topological polar surface area (TPSA) is 50.9 Å². The number of hydrogen-bond donors (Lipinski definition) is 1. The molecule has 0 aliphatic carbocycles. The highest BCUT2D eigenvalue weighted by Gasteiger charge is 2.46. The summed E-state index contributed by atoms with van der Waals surface area (Å²) in [5, 5.41) is 2.82. The Morgan fingerprint density at radius 1 is 1.05 bits per heavy atom. The standard InChI is InChI=1S/C18H19NO3/c20-17(21-13-16-9-5-2-6-10-16)19-18(14-22-18)12-11-15-7-3-1-4-8-15/h1-10H,11-14H2,(H,19,20)/t18-/m0/s1. The van der Waals surface area contributed by atoms with Crippen LogP contribution in [0.1, 0.15) is 17.5 Å². The van der Waals surface area contributed by atoms with Gasteiger partial charge in [-0.15, -0.1) is 0 Å². The molecule has 1 atom stereocenters. The van der Waals surface area contributed by atoms with Crippen molar-refractivity contribution < 1.29 is 14.3 Å². The molecule has 0 spiro atoms. The molecule has 22 heavy (non-hydrogen) atoms. The number of rotatable bonds is 6. The molecule has 0 bridgehead atoms. The summed E-state index contributed by atoms with van der Waals surface area (Å²) in [4.78, 5) is 11.9. The number of amides is 1. The minimum absolute atomic E-state index is 0.265. The maximum absolute atomic E-state index is 11.9. The Hall–Kier alpha value is -2.33. The highest BCUT2D eigenvalue weighted by molar-refractivity contribution is 5.68. The van der Waals surface area contributed by atoms with Gasteiger partial charge in [-0.1, -0.05) is 60.7 Å². The van der Waals surface area contributed by atoms with Crippen LogP contribution >= 0.6 is 0 Å². The quantitative estimate of drug-likeness (QED) is 0.833. The van der Waals surface area contributed by atoms with Gasteiger partial charge in [0.05, 0.1) is 6.61 Å². The van der Waals surface area contributed by atoms with Gasteiger partial charge in [-0.05, 0) is 17.5 Å². The van der Waals surface area contributed by atoms with Crippen LogP contribution in [0.25, 0.3) is 0 Å². The van der Waals surface area contributed by atoms with E-state index in [1.165, 1.54) is 5.56 Å². The molecule has 2 aromatic rings. The van der Waals surface area contributed by atoms with Crippen molar-refractivity contribution in [1.82, 2.24) is 5.32 Å². The van der Waals surface area contributed by atoms with Crippen LogP contribution in [0, 0.1) is 0 Å². The summed E-state index contributed by atoms with van der Waals surface area (Å²) in [5.41, 5.74) is 1.65. The number of nitrogens with one attached hydrogen (secondary N) is 1. The predicted molar refractivity (Wildman–Crippen MR) is 83.2 cm³/mol. The Labute approximate surface area is 130 Å². The van der Waals surface area contributed by atoms with E-state index in [-0.39, 0.29) is 6.61 Å². The monoisotopic (exact) mass is 297 g/mol. The third-order valence-corrected chi connectivity index (χ3v) is 3.70. The molecule has 1 fully saturated rings. The van der Waals surface area contributed by atoms with Crippen LogP contribution in [-0.4, -0.2) is 18.4 Å². The lowest BCUT2D eigenvalue weighted by Crippen LogP contribution is -2.38. The van der Waals surface area contributed by atoms with Crippen LogP contribution in [0.2, 0.25) is 0 Å². The molecule has 0 radical (unpaired) electrons. The fourth-order valence-corrected chi connectivity index (χ4v) is 2.30. The molecule has 3 rings (SSSR count). The van der Waals surface area contributed by atoms with Gasteiger partial charge >= 0.3 is 6.09 Å². The van der Waals surface area contributed by atoms with E-state index < -0.39 is 11.8 Å². The first kappa shape index (κ1) is 14.6. The first-order chi connectivity index (χ1) is 10.8. The molecule has 2 aromatic carbocycles. The fourth-order valence-electron chi connectivity index (χ4n) is 2.30. The number of ether oxygens (including phenoxy) is 2. The van der Waals surface area contributed by atoms with Gasteiger partial charge in [0.25, 0.3) is 0 Å². The molecule has 4 heteroatoms. The second kappa shape index (κ2) is 6.62. The first-order valence-electron chi connectivity index (χ1n) is 7.43. The average molecular weight is 297 g/mol. The highest BCUT2D eigenvalue weighted by atomic mass is 16.6. The number of benzene rings is 2. The number of carbonyl (C=O) groups excluding carboxylic acids is 1. The van der Waals surface area contributed by atoms with Gasteiger partial charge in [-0.2, -0.15) is 0 Å². The molecule has 1 aliphatic rings. The number of epoxide rings is 1. The SMILES string of the molecule is O=C(N[C@]1(CCc2ccccc2)CO1)OCc1ccccc1. The number of hydrogen-bond acceptors (Lipinski definition) is 3. The third kappa shape index (κ3) is 4.09. The number of carbonyl (C=O) groups is 1. The first-order valence-corrected chi connectivity index (χ1v) is 7.43. The van der Waals surface area contributed by atoms with E-state index in [1.807, 2.05) is 48.5 Å². The zero-order chi connectivity index (χ0) is 15.3. The normalized spacial score (nSPS) is 19.5. The maximum atomic E-state index is 11.9. The summed E-state index contributed by atoms with van der Waals surface area (Å²) in [6, 6.07) is 19.8. The van der Waals surface area contributed by atoms with Crippen molar-refractivity contribution in [3.8, 4) is 0 Å². The van der Waals surface area contributed by atoms with Crippen molar-refractivity contribution >= 4 is 6.09 Å². The second-order valence-corrected chi connectivity index (χ2v) is 5.46. The minimum atomic E-state index is -0.552. The van der Waals surface area contributed by atoms with Gasteiger partial charge in [0.1, 0.15) is 6.61 Å². The van der Waals surface area contributed by atoms with E-state index in [0.29, 0.717) is 6.61 Å². The number of aryl methyl sites for hydroxylation is 1. The van der Waals surface area contributed by atoms with E-state index in [4.69, 9.17) is 9.47 Å². The third-order valence-electron chi connectivity index (χ3n) is 3.70. The largest absolute Gasteiger partial charge is 0.445 e. The summed E-state index contributed by atoms with van der Waals surface area (Å²) < 4.78 is 10.7. The maximum Gasteiger partial charge on any atom is 0.409 e. The Bertz CT molecular complexity index is 609. The molecule has 1 amide bonds. The van der Waals surface area contributed by atoms with E-state index in [1.54, 1.807) is 0 Å².